The fourth-order valence-corrected chi connectivity index (χ4v) is 3.63. The Morgan fingerprint density at radius 1 is 1.17 bits per heavy atom. The monoisotopic (exact) mass is 415 g/mol. The minimum Gasteiger partial charge on any atom is -0.488 e. The highest BCUT2D eigenvalue weighted by atomic mass is 32.2. The number of thioether (sulfide) groups is 1. The van der Waals surface area contributed by atoms with Crippen molar-refractivity contribution in [1.29, 1.82) is 0 Å². The van der Waals surface area contributed by atoms with Crippen LogP contribution in [0.25, 0.3) is 6.08 Å². The molecule has 1 heterocycles. The summed E-state index contributed by atoms with van der Waals surface area (Å²) in [6, 6.07) is 12.2. The summed E-state index contributed by atoms with van der Waals surface area (Å²) in [6.07, 6.45) is 1.52. The van der Waals surface area contributed by atoms with Crippen LogP contribution in [0.4, 0.5) is 9.18 Å². The maximum absolute atomic E-state index is 13.8. The summed E-state index contributed by atoms with van der Waals surface area (Å²) in [6.45, 7) is 1.44. The number of imide groups is 1. The molecular weight excluding hydrogens is 397 g/mol. The predicted octanol–water partition coefficient (Wildman–Crippen LogP) is 4.00. The van der Waals surface area contributed by atoms with E-state index in [4.69, 9.17) is 4.74 Å². The Balaban J connectivity index is 1.82. The van der Waals surface area contributed by atoms with E-state index >= 15 is 0 Å². The Hall–Kier alpha value is -3.13. The molecule has 1 saturated heterocycles. The number of methoxy groups -OCH3 is 1. The highest BCUT2D eigenvalue weighted by Crippen LogP contribution is 2.35. The van der Waals surface area contributed by atoms with Crippen LogP contribution in [0, 0.1) is 5.82 Å². The van der Waals surface area contributed by atoms with Crippen molar-refractivity contribution in [2.24, 2.45) is 0 Å². The van der Waals surface area contributed by atoms with Crippen molar-refractivity contribution >= 4 is 35.0 Å². The summed E-state index contributed by atoms with van der Waals surface area (Å²) in [4.78, 5) is 37.6. The molecule has 1 fully saturated rings. The molecule has 0 N–H and O–H groups in total. The second-order valence-electron chi connectivity index (χ2n) is 6.17. The molecule has 2 amide bonds. The standard InChI is InChI=1S/C21H18FNO5S/c1-13(20(25)27-2)23-19(24)18(29-21(23)26)11-14-7-4-6-10-17(14)28-12-15-8-3-5-9-16(15)22/h3-11,13H,12H2,1-2H3/b18-11-/t13-/m1/s1. The number of hydrogen-bond acceptors (Lipinski definition) is 6. The van der Waals surface area contributed by atoms with Gasteiger partial charge in [-0.25, -0.2) is 9.18 Å². The molecule has 0 saturated carbocycles. The van der Waals surface area contributed by atoms with Gasteiger partial charge in [0.15, 0.2) is 0 Å². The first-order valence-electron chi connectivity index (χ1n) is 8.72. The first-order chi connectivity index (χ1) is 13.9. The molecule has 1 aliphatic heterocycles. The summed E-state index contributed by atoms with van der Waals surface area (Å²) in [5.41, 5.74) is 0.953. The predicted molar refractivity (Wildman–Crippen MR) is 106 cm³/mol. The van der Waals surface area contributed by atoms with E-state index in [1.54, 1.807) is 42.5 Å². The van der Waals surface area contributed by atoms with Crippen LogP contribution in [0.15, 0.2) is 53.4 Å². The number of ether oxygens (including phenoxy) is 2. The Kier molecular flexibility index (Phi) is 6.33. The van der Waals surface area contributed by atoms with E-state index in [-0.39, 0.29) is 17.3 Å². The van der Waals surface area contributed by atoms with Crippen LogP contribution in [-0.2, 0) is 20.9 Å². The largest absolute Gasteiger partial charge is 0.488 e. The van der Waals surface area contributed by atoms with E-state index in [1.807, 2.05) is 0 Å². The topological polar surface area (TPSA) is 72.9 Å². The number of nitrogens with zero attached hydrogens (tertiary/aromatic N) is 1. The number of carbonyl (C=O) groups excluding carboxylic acids is 3. The third-order valence-corrected chi connectivity index (χ3v) is 5.18. The third-order valence-electron chi connectivity index (χ3n) is 4.30. The van der Waals surface area contributed by atoms with Gasteiger partial charge in [0.05, 0.1) is 12.0 Å². The molecule has 1 aliphatic rings. The molecule has 2 aromatic rings. The van der Waals surface area contributed by atoms with Crippen LogP contribution >= 0.6 is 11.8 Å². The fraction of sp³-hybridized carbons (Fsp3) is 0.190. The minimum atomic E-state index is -1.02. The number of benzene rings is 2. The molecule has 29 heavy (non-hydrogen) atoms. The van der Waals surface area contributed by atoms with Gasteiger partial charge in [-0.1, -0.05) is 36.4 Å². The normalized spacial score (nSPS) is 16.2. The molecule has 0 bridgehead atoms. The molecule has 2 aromatic carbocycles. The van der Waals surface area contributed by atoms with Crippen LogP contribution in [0.2, 0.25) is 0 Å². The number of halogens is 1. The first-order valence-corrected chi connectivity index (χ1v) is 9.54. The second kappa shape index (κ2) is 8.91. The molecule has 150 valence electrons. The van der Waals surface area contributed by atoms with Gasteiger partial charge in [0, 0.05) is 11.1 Å². The molecule has 0 unspecified atom stereocenters. The zero-order valence-electron chi connectivity index (χ0n) is 15.8. The maximum Gasteiger partial charge on any atom is 0.328 e. The molecule has 0 spiro atoms. The van der Waals surface area contributed by atoms with Gasteiger partial charge in [-0.2, -0.15) is 0 Å². The maximum atomic E-state index is 13.8. The van der Waals surface area contributed by atoms with Gasteiger partial charge in [0.1, 0.15) is 24.2 Å². The summed E-state index contributed by atoms with van der Waals surface area (Å²) >= 11 is 0.734. The van der Waals surface area contributed by atoms with Gasteiger partial charge >= 0.3 is 5.97 Å². The summed E-state index contributed by atoms with van der Waals surface area (Å²) in [5.74, 6) is -1.20. The molecular formula is C21H18FNO5S. The molecule has 0 aromatic heterocycles. The number of hydrogen-bond donors (Lipinski definition) is 0. The molecule has 3 rings (SSSR count). The SMILES string of the molecule is COC(=O)[C@@H](C)N1C(=O)S/C(=C\c2ccccc2OCc2ccccc2F)C1=O. The Morgan fingerprint density at radius 2 is 1.86 bits per heavy atom. The Bertz CT molecular complexity index is 991. The number of rotatable bonds is 6. The summed E-state index contributed by atoms with van der Waals surface area (Å²) < 4.78 is 24.1. The Labute approximate surface area is 171 Å². The lowest BCUT2D eigenvalue weighted by Gasteiger charge is -2.18. The second-order valence-corrected chi connectivity index (χ2v) is 7.16. The van der Waals surface area contributed by atoms with Gasteiger partial charge in [-0.3, -0.25) is 14.5 Å². The lowest BCUT2D eigenvalue weighted by Crippen LogP contribution is -2.42. The van der Waals surface area contributed by atoms with E-state index in [2.05, 4.69) is 4.74 Å². The van der Waals surface area contributed by atoms with Gasteiger partial charge in [0.2, 0.25) is 0 Å². The van der Waals surface area contributed by atoms with Gasteiger partial charge in [-0.05, 0) is 36.9 Å². The van der Waals surface area contributed by atoms with E-state index in [0.717, 1.165) is 16.7 Å². The van der Waals surface area contributed by atoms with Crippen molar-refractivity contribution in [2.75, 3.05) is 7.11 Å². The molecule has 0 radical (unpaired) electrons. The highest BCUT2D eigenvalue weighted by Gasteiger charge is 2.41. The van der Waals surface area contributed by atoms with E-state index < -0.39 is 23.2 Å². The van der Waals surface area contributed by atoms with Crippen molar-refractivity contribution in [3.8, 4) is 5.75 Å². The van der Waals surface area contributed by atoms with Crippen LogP contribution < -0.4 is 4.74 Å². The van der Waals surface area contributed by atoms with Crippen molar-refractivity contribution < 1.29 is 28.2 Å². The van der Waals surface area contributed by atoms with Crippen LogP contribution in [-0.4, -0.2) is 35.2 Å². The van der Waals surface area contributed by atoms with E-state index in [0.29, 0.717) is 16.9 Å². The smallest absolute Gasteiger partial charge is 0.328 e. The zero-order chi connectivity index (χ0) is 21.0. The average Bonchev–Trinajstić information content (AvgIpc) is 3.00. The van der Waals surface area contributed by atoms with Crippen molar-refractivity contribution in [2.45, 2.75) is 19.6 Å². The molecule has 6 nitrogen and oxygen atoms in total. The van der Waals surface area contributed by atoms with Crippen molar-refractivity contribution in [1.82, 2.24) is 4.90 Å². The molecule has 8 heteroatoms. The summed E-state index contributed by atoms with van der Waals surface area (Å²) in [7, 11) is 1.19. The first kappa shape index (κ1) is 20.6. The van der Waals surface area contributed by atoms with Crippen molar-refractivity contribution in [3.05, 3.63) is 70.4 Å². The Morgan fingerprint density at radius 3 is 2.59 bits per heavy atom. The minimum absolute atomic E-state index is 0.0123. The van der Waals surface area contributed by atoms with Crippen LogP contribution in [0.3, 0.4) is 0 Å². The summed E-state index contributed by atoms with van der Waals surface area (Å²) in [5, 5.41) is -0.552. The van der Waals surface area contributed by atoms with Crippen molar-refractivity contribution in [3.63, 3.8) is 0 Å². The average molecular weight is 415 g/mol. The zero-order valence-corrected chi connectivity index (χ0v) is 16.6. The third kappa shape index (κ3) is 4.48. The molecule has 1 atom stereocenters. The number of amides is 2. The number of esters is 1. The van der Waals surface area contributed by atoms with Crippen LogP contribution in [0.5, 0.6) is 5.75 Å². The highest BCUT2D eigenvalue weighted by molar-refractivity contribution is 8.18. The quantitative estimate of drug-likeness (QED) is 0.525. The van der Waals surface area contributed by atoms with Crippen LogP contribution in [0.1, 0.15) is 18.1 Å². The number of carbonyl (C=O) groups is 3. The van der Waals surface area contributed by atoms with Gasteiger partial charge in [0.25, 0.3) is 11.1 Å². The van der Waals surface area contributed by atoms with E-state index in [9.17, 15) is 18.8 Å². The number of para-hydroxylation sites is 1. The molecule has 0 aliphatic carbocycles. The fourth-order valence-electron chi connectivity index (χ4n) is 2.73. The lowest BCUT2D eigenvalue weighted by atomic mass is 10.1. The van der Waals surface area contributed by atoms with Gasteiger partial charge < -0.3 is 9.47 Å². The van der Waals surface area contributed by atoms with E-state index in [1.165, 1.54) is 26.2 Å². The van der Waals surface area contributed by atoms with Gasteiger partial charge in [-0.15, -0.1) is 0 Å². The lowest BCUT2D eigenvalue weighted by molar-refractivity contribution is -0.148.